The summed E-state index contributed by atoms with van der Waals surface area (Å²) in [6, 6.07) is 8.91. The third kappa shape index (κ3) is 1.83. The van der Waals surface area contributed by atoms with Crippen molar-refractivity contribution in [3.8, 4) is 0 Å². The van der Waals surface area contributed by atoms with Crippen molar-refractivity contribution in [3.63, 3.8) is 0 Å². The minimum atomic E-state index is -0.344. The van der Waals surface area contributed by atoms with Gasteiger partial charge >= 0.3 is 6.41 Å². The zero-order valence-corrected chi connectivity index (χ0v) is 6.77. The van der Waals surface area contributed by atoms with Crippen LogP contribution in [0.3, 0.4) is 0 Å². The molecule has 0 saturated carbocycles. The van der Waals surface area contributed by atoms with Crippen molar-refractivity contribution >= 4 is 6.41 Å². The third-order valence-corrected chi connectivity index (χ3v) is 1.74. The Kier molecular flexibility index (Phi) is 2.82. The van der Waals surface area contributed by atoms with Crippen molar-refractivity contribution in [3.05, 3.63) is 35.9 Å². The topological polar surface area (TPSA) is 40.5 Å². The second-order valence-corrected chi connectivity index (χ2v) is 2.52. The van der Waals surface area contributed by atoms with Crippen molar-refractivity contribution in [2.24, 2.45) is 0 Å². The molecule has 12 heavy (non-hydrogen) atoms. The van der Waals surface area contributed by atoms with E-state index in [1.807, 2.05) is 30.3 Å². The number of rotatable bonds is 3. The first kappa shape index (κ1) is 8.74. The van der Waals surface area contributed by atoms with E-state index in [0.29, 0.717) is 5.06 Å². The fourth-order valence-electron chi connectivity index (χ4n) is 0.952. The van der Waals surface area contributed by atoms with E-state index in [9.17, 15) is 4.79 Å². The first-order chi connectivity index (χ1) is 5.75. The molecule has 0 bridgehead atoms. The first-order valence-corrected chi connectivity index (χ1v) is 3.66. The number of hydrogen-bond donors (Lipinski definition) is 1. The predicted molar refractivity (Wildman–Crippen MR) is 44.2 cm³/mol. The van der Waals surface area contributed by atoms with Gasteiger partial charge in [0.05, 0.1) is 6.04 Å². The highest BCUT2D eigenvalue weighted by Gasteiger charge is 2.10. The summed E-state index contributed by atoms with van der Waals surface area (Å²) < 4.78 is 0. The van der Waals surface area contributed by atoms with Crippen LogP contribution in [0.25, 0.3) is 0 Å². The summed E-state index contributed by atoms with van der Waals surface area (Å²) in [5.41, 5.74) is 0.878. The van der Waals surface area contributed by atoms with E-state index < -0.39 is 0 Å². The highest BCUT2D eigenvalue weighted by molar-refractivity contribution is 5.47. The van der Waals surface area contributed by atoms with Crippen molar-refractivity contribution in [2.45, 2.75) is 13.0 Å². The van der Waals surface area contributed by atoms with Crippen molar-refractivity contribution in [1.29, 1.82) is 0 Å². The largest absolute Gasteiger partial charge is 0.338 e. The quantitative estimate of drug-likeness (QED) is 0.418. The lowest BCUT2D eigenvalue weighted by Gasteiger charge is -2.16. The van der Waals surface area contributed by atoms with Crippen LogP contribution >= 0.6 is 0 Å². The van der Waals surface area contributed by atoms with E-state index in [-0.39, 0.29) is 6.04 Å². The van der Waals surface area contributed by atoms with E-state index >= 15 is 0 Å². The molecule has 1 aromatic carbocycles. The Labute approximate surface area is 71.2 Å². The van der Waals surface area contributed by atoms with Crippen LogP contribution in [0, 0.1) is 0 Å². The average Bonchev–Trinajstić information content (AvgIpc) is 2.17. The summed E-state index contributed by atoms with van der Waals surface area (Å²) in [5.74, 6) is 0. The fraction of sp³-hybridized carbons (Fsp3) is 0.222. The summed E-state index contributed by atoms with van der Waals surface area (Å²) in [7, 11) is 0. The monoisotopic (exact) mass is 164 g/mol. The SMILES string of the molecule is CC(c1ccccc1)N(O)[C]=O. The van der Waals surface area contributed by atoms with Crippen LogP contribution in [-0.2, 0) is 4.79 Å². The molecular weight excluding hydrogens is 154 g/mol. The van der Waals surface area contributed by atoms with Crippen LogP contribution < -0.4 is 0 Å². The third-order valence-electron chi connectivity index (χ3n) is 1.74. The number of hydroxylamine groups is 2. The molecular formula is C9H10NO2. The Morgan fingerprint density at radius 1 is 1.42 bits per heavy atom. The van der Waals surface area contributed by atoms with Gasteiger partial charge in [-0.3, -0.25) is 10.0 Å². The van der Waals surface area contributed by atoms with Gasteiger partial charge in [-0.25, -0.2) is 5.06 Å². The van der Waals surface area contributed by atoms with Gasteiger partial charge in [0, 0.05) is 0 Å². The van der Waals surface area contributed by atoms with Gasteiger partial charge in [-0.1, -0.05) is 30.3 Å². The van der Waals surface area contributed by atoms with E-state index in [2.05, 4.69) is 0 Å². The second-order valence-electron chi connectivity index (χ2n) is 2.52. The molecule has 0 aliphatic rings. The predicted octanol–water partition coefficient (Wildman–Crippen LogP) is 1.51. The minimum absolute atomic E-state index is 0.344. The second kappa shape index (κ2) is 3.88. The molecule has 1 radical (unpaired) electrons. The van der Waals surface area contributed by atoms with E-state index in [1.165, 1.54) is 6.41 Å². The summed E-state index contributed by atoms with van der Waals surface area (Å²) in [6.45, 7) is 1.72. The molecule has 1 unspecified atom stereocenters. The molecule has 0 heterocycles. The van der Waals surface area contributed by atoms with Gasteiger partial charge < -0.3 is 0 Å². The van der Waals surface area contributed by atoms with Crippen LogP contribution in [0.1, 0.15) is 18.5 Å². The Morgan fingerprint density at radius 3 is 2.50 bits per heavy atom. The average molecular weight is 164 g/mol. The van der Waals surface area contributed by atoms with Crippen molar-refractivity contribution < 1.29 is 10.0 Å². The van der Waals surface area contributed by atoms with Gasteiger partial charge in [0.15, 0.2) is 0 Å². The lowest BCUT2D eigenvalue weighted by molar-refractivity contribution is -0.0509. The number of amides is 1. The van der Waals surface area contributed by atoms with Crippen LogP contribution in [-0.4, -0.2) is 16.7 Å². The number of benzene rings is 1. The lowest BCUT2D eigenvalue weighted by Crippen LogP contribution is -2.20. The fourth-order valence-corrected chi connectivity index (χ4v) is 0.952. The molecule has 0 spiro atoms. The Morgan fingerprint density at radius 2 is 2.00 bits per heavy atom. The Balaban J connectivity index is 2.78. The molecule has 63 valence electrons. The molecule has 1 amide bonds. The molecule has 1 aromatic rings. The molecule has 0 aliphatic carbocycles. The Hall–Kier alpha value is -1.35. The summed E-state index contributed by atoms with van der Waals surface area (Å²) in [4.78, 5) is 10.1. The normalized spacial score (nSPS) is 12.2. The van der Waals surface area contributed by atoms with Gasteiger partial charge in [-0.2, -0.15) is 0 Å². The first-order valence-electron chi connectivity index (χ1n) is 3.66. The van der Waals surface area contributed by atoms with E-state index in [1.54, 1.807) is 6.92 Å². The molecule has 1 atom stereocenters. The van der Waals surface area contributed by atoms with E-state index in [0.717, 1.165) is 5.56 Å². The standard InChI is InChI=1S/C9H10NO2/c1-8(10(12)7-11)9-5-3-2-4-6-9/h2-6,8,12H,1H3. The number of nitrogens with zero attached hydrogens (tertiary/aromatic N) is 1. The molecule has 3 nitrogen and oxygen atoms in total. The molecule has 0 fully saturated rings. The molecule has 1 N–H and O–H groups in total. The number of carbonyl (C=O) groups excluding carboxylic acids is 1. The molecule has 1 rings (SSSR count). The maximum atomic E-state index is 10.1. The molecule has 0 saturated heterocycles. The van der Waals surface area contributed by atoms with Gasteiger partial charge in [0.25, 0.3) is 0 Å². The lowest BCUT2D eigenvalue weighted by atomic mass is 10.1. The summed E-state index contributed by atoms with van der Waals surface area (Å²) in [5, 5.41) is 9.51. The van der Waals surface area contributed by atoms with Crippen LogP contribution in [0.4, 0.5) is 0 Å². The number of hydrogen-bond acceptors (Lipinski definition) is 2. The van der Waals surface area contributed by atoms with Gasteiger partial charge in [0.2, 0.25) is 0 Å². The zero-order valence-electron chi connectivity index (χ0n) is 6.77. The van der Waals surface area contributed by atoms with Crippen LogP contribution in [0.15, 0.2) is 30.3 Å². The van der Waals surface area contributed by atoms with Gasteiger partial charge in [-0.05, 0) is 12.5 Å². The summed E-state index contributed by atoms with van der Waals surface area (Å²) in [6.07, 6.45) is 1.40. The van der Waals surface area contributed by atoms with Crippen LogP contribution in [0.5, 0.6) is 0 Å². The Bertz CT molecular complexity index is 248. The maximum Gasteiger partial charge on any atom is 0.338 e. The molecule has 0 aliphatic heterocycles. The molecule has 0 aromatic heterocycles. The smallest absolute Gasteiger partial charge is 0.285 e. The van der Waals surface area contributed by atoms with Gasteiger partial charge in [0.1, 0.15) is 0 Å². The van der Waals surface area contributed by atoms with E-state index in [4.69, 9.17) is 5.21 Å². The maximum absolute atomic E-state index is 10.1. The van der Waals surface area contributed by atoms with Crippen LogP contribution in [0.2, 0.25) is 0 Å². The highest BCUT2D eigenvalue weighted by Crippen LogP contribution is 2.15. The zero-order chi connectivity index (χ0) is 8.97. The van der Waals surface area contributed by atoms with Crippen molar-refractivity contribution in [1.82, 2.24) is 5.06 Å². The van der Waals surface area contributed by atoms with Crippen molar-refractivity contribution in [2.75, 3.05) is 0 Å². The summed E-state index contributed by atoms with van der Waals surface area (Å²) >= 11 is 0. The highest BCUT2D eigenvalue weighted by atomic mass is 16.5. The molecule has 3 heteroatoms. The minimum Gasteiger partial charge on any atom is -0.285 e. The van der Waals surface area contributed by atoms with Gasteiger partial charge in [-0.15, -0.1) is 0 Å².